The van der Waals surface area contributed by atoms with Crippen LogP contribution in [0.4, 0.5) is 0 Å². The van der Waals surface area contributed by atoms with Gasteiger partial charge in [0.1, 0.15) is 11.2 Å². The highest BCUT2D eigenvalue weighted by Gasteiger charge is 2.21. The second-order valence-electron chi connectivity index (χ2n) is 13.8. The first-order chi connectivity index (χ1) is 26.3. The highest BCUT2D eigenvalue weighted by atomic mass is 16.3. The van der Waals surface area contributed by atoms with Gasteiger partial charge in [-0.25, -0.2) is 9.97 Å². The van der Waals surface area contributed by atoms with Crippen LogP contribution >= 0.6 is 0 Å². The van der Waals surface area contributed by atoms with Gasteiger partial charge >= 0.3 is 0 Å². The number of hydrogen-bond donors (Lipinski definition) is 0. The molecule has 5 heteroatoms. The molecule has 0 aliphatic rings. The molecule has 0 spiro atoms. The largest absolute Gasteiger partial charge is 0.456 e. The van der Waals surface area contributed by atoms with E-state index in [0.717, 1.165) is 66.2 Å². The van der Waals surface area contributed by atoms with Gasteiger partial charge in [0, 0.05) is 49.0 Å². The van der Waals surface area contributed by atoms with Crippen LogP contribution in [0.2, 0.25) is 0 Å². The van der Waals surface area contributed by atoms with Crippen molar-refractivity contribution in [1.29, 1.82) is 0 Å². The van der Waals surface area contributed by atoms with Crippen LogP contribution in [0.25, 0.3) is 110 Å². The lowest BCUT2D eigenvalue weighted by Crippen LogP contribution is -2.04. The molecule has 8 aromatic carbocycles. The molecule has 0 unspecified atom stereocenters. The number of benzene rings is 8. The van der Waals surface area contributed by atoms with Crippen molar-refractivity contribution in [2.75, 3.05) is 0 Å². The van der Waals surface area contributed by atoms with Gasteiger partial charge < -0.3 is 8.98 Å². The third kappa shape index (κ3) is 4.02. The van der Waals surface area contributed by atoms with Crippen molar-refractivity contribution in [3.8, 4) is 22.9 Å². The molecule has 0 aliphatic heterocycles. The molecule has 0 aliphatic carbocycles. The van der Waals surface area contributed by atoms with Crippen molar-refractivity contribution in [3.63, 3.8) is 0 Å². The Labute approximate surface area is 302 Å². The van der Waals surface area contributed by atoms with Gasteiger partial charge in [-0.2, -0.15) is 0 Å². The Balaban J connectivity index is 1.18. The fraction of sp³-hybridized carbons (Fsp3) is 0. The Bertz CT molecular complexity index is 3420. The molecule has 4 heterocycles. The molecule has 0 N–H and O–H groups in total. The van der Waals surface area contributed by atoms with Crippen molar-refractivity contribution in [3.05, 3.63) is 170 Å². The average molecular weight is 677 g/mol. The highest BCUT2D eigenvalue weighted by molar-refractivity contribution is 6.21. The molecule has 12 aromatic rings. The molecule has 0 bridgehead atoms. The van der Waals surface area contributed by atoms with Gasteiger partial charge in [0.2, 0.25) is 5.95 Å². The minimum Gasteiger partial charge on any atom is -0.456 e. The topological polar surface area (TPSA) is 48.8 Å². The van der Waals surface area contributed by atoms with E-state index in [-0.39, 0.29) is 0 Å². The number of nitrogens with zero attached hydrogens (tertiary/aromatic N) is 4. The second-order valence-corrected chi connectivity index (χ2v) is 13.8. The Kier molecular flexibility index (Phi) is 5.71. The van der Waals surface area contributed by atoms with Crippen molar-refractivity contribution >= 4 is 87.2 Å². The van der Waals surface area contributed by atoms with Crippen LogP contribution in [0, 0.1) is 0 Å². The second kappa shape index (κ2) is 10.6. The first kappa shape index (κ1) is 28.5. The quantitative estimate of drug-likeness (QED) is 0.187. The summed E-state index contributed by atoms with van der Waals surface area (Å²) < 4.78 is 10.8. The SMILES string of the molecule is c1ccc2c(c1)ccc1c2c2ccc(-n3c4ccccc4c4ccccc43)cc2n1-c1nc(-c2ccc3oc4ccccc4c3c2)c2ccccc2n1. The predicted octanol–water partition coefficient (Wildman–Crippen LogP) is 12.5. The minimum absolute atomic E-state index is 0.630. The number of rotatable bonds is 3. The van der Waals surface area contributed by atoms with E-state index in [2.05, 4.69) is 167 Å². The Morgan fingerprint density at radius 1 is 0.396 bits per heavy atom. The lowest BCUT2D eigenvalue weighted by atomic mass is 10.0. The summed E-state index contributed by atoms with van der Waals surface area (Å²) in [4.78, 5) is 10.8. The number of hydrogen-bond acceptors (Lipinski definition) is 3. The van der Waals surface area contributed by atoms with Crippen LogP contribution in [-0.4, -0.2) is 19.1 Å². The van der Waals surface area contributed by atoms with Crippen LogP contribution in [0.5, 0.6) is 0 Å². The van der Waals surface area contributed by atoms with E-state index in [4.69, 9.17) is 14.4 Å². The molecule has 0 atom stereocenters. The highest BCUT2D eigenvalue weighted by Crippen LogP contribution is 2.40. The summed E-state index contributed by atoms with van der Waals surface area (Å²) in [6.07, 6.45) is 0. The fourth-order valence-electron chi connectivity index (χ4n) is 8.59. The summed E-state index contributed by atoms with van der Waals surface area (Å²) in [6, 6.07) is 60.1. The van der Waals surface area contributed by atoms with Crippen LogP contribution in [0.15, 0.2) is 174 Å². The average Bonchev–Trinajstić information content (AvgIpc) is 3.87. The van der Waals surface area contributed by atoms with Gasteiger partial charge in [-0.1, -0.05) is 109 Å². The van der Waals surface area contributed by atoms with Gasteiger partial charge in [-0.05, 0) is 71.4 Å². The normalized spacial score (nSPS) is 12.2. The summed E-state index contributed by atoms with van der Waals surface area (Å²) in [5.41, 5.74) is 10.1. The maximum Gasteiger partial charge on any atom is 0.235 e. The maximum absolute atomic E-state index is 6.20. The van der Waals surface area contributed by atoms with Gasteiger partial charge in [0.15, 0.2) is 0 Å². The van der Waals surface area contributed by atoms with Crippen molar-refractivity contribution in [1.82, 2.24) is 19.1 Å². The summed E-state index contributed by atoms with van der Waals surface area (Å²) in [7, 11) is 0. The third-order valence-corrected chi connectivity index (χ3v) is 10.9. The molecule has 0 fully saturated rings. The van der Waals surface area contributed by atoms with Crippen LogP contribution < -0.4 is 0 Å². The van der Waals surface area contributed by atoms with Crippen LogP contribution in [0.3, 0.4) is 0 Å². The zero-order valence-electron chi connectivity index (χ0n) is 28.4. The van der Waals surface area contributed by atoms with Gasteiger partial charge in [-0.15, -0.1) is 0 Å². The maximum atomic E-state index is 6.20. The van der Waals surface area contributed by atoms with E-state index in [1.54, 1.807) is 0 Å². The standard InChI is InChI=1S/C48H28N4O/c1-2-12-32-29(11-1)21-25-42-46(32)37-24-23-31(51-40-18-8-4-13-33(40)34-14-5-9-19-41(34)51)28-43(37)52(42)48-49-39-17-7-3-16-36(39)47(50-48)30-22-26-45-38(27-30)35-15-6-10-20-44(35)53-45/h1-28H. The number of fused-ring (bicyclic) bond motifs is 12. The van der Waals surface area contributed by atoms with E-state index in [0.29, 0.717) is 5.95 Å². The van der Waals surface area contributed by atoms with Gasteiger partial charge in [0.05, 0.1) is 33.3 Å². The molecule has 5 nitrogen and oxygen atoms in total. The summed E-state index contributed by atoms with van der Waals surface area (Å²) in [5, 5.41) is 10.4. The van der Waals surface area contributed by atoms with Gasteiger partial charge in [-0.3, -0.25) is 4.57 Å². The Hall–Kier alpha value is -7.24. The zero-order valence-corrected chi connectivity index (χ0v) is 28.4. The Morgan fingerprint density at radius 2 is 1.08 bits per heavy atom. The van der Waals surface area contributed by atoms with Crippen molar-refractivity contribution in [2.45, 2.75) is 0 Å². The van der Waals surface area contributed by atoms with Crippen LogP contribution in [0.1, 0.15) is 0 Å². The summed E-state index contributed by atoms with van der Waals surface area (Å²) >= 11 is 0. The van der Waals surface area contributed by atoms with E-state index in [9.17, 15) is 0 Å². The number of aromatic nitrogens is 4. The molecular weight excluding hydrogens is 649 g/mol. The van der Waals surface area contributed by atoms with E-state index in [1.807, 2.05) is 12.1 Å². The first-order valence-electron chi connectivity index (χ1n) is 17.9. The lowest BCUT2D eigenvalue weighted by Gasteiger charge is -2.13. The first-order valence-corrected chi connectivity index (χ1v) is 17.9. The van der Waals surface area contributed by atoms with Crippen LogP contribution in [-0.2, 0) is 0 Å². The Morgan fingerprint density at radius 3 is 1.91 bits per heavy atom. The molecule has 0 saturated heterocycles. The van der Waals surface area contributed by atoms with Crippen molar-refractivity contribution in [2.24, 2.45) is 0 Å². The summed E-state index contributed by atoms with van der Waals surface area (Å²) in [5.74, 6) is 0.630. The number of furan rings is 1. The number of para-hydroxylation sites is 4. The summed E-state index contributed by atoms with van der Waals surface area (Å²) in [6.45, 7) is 0. The fourth-order valence-corrected chi connectivity index (χ4v) is 8.59. The minimum atomic E-state index is 0.630. The molecular formula is C48H28N4O. The predicted molar refractivity (Wildman–Crippen MR) is 218 cm³/mol. The lowest BCUT2D eigenvalue weighted by molar-refractivity contribution is 0.669. The van der Waals surface area contributed by atoms with E-state index < -0.39 is 0 Å². The molecule has 53 heavy (non-hydrogen) atoms. The van der Waals surface area contributed by atoms with Gasteiger partial charge in [0.25, 0.3) is 0 Å². The molecule has 4 aromatic heterocycles. The smallest absolute Gasteiger partial charge is 0.235 e. The third-order valence-electron chi connectivity index (χ3n) is 10.9. The molecule has 0 radical (unpaired) electrons. The monoisotopic (exact) mass is 676 g/mol. The molecule has 246 valence electrons. The molecule has 0 amide bonds. The molecule has 0 saturated carbocycles. The van der Waals surface area contributed by atoms with Crippen molar-refractivity contribution < 1.29 is 4.42 Å². The van der Waals surface area contributed by atoms with E-state index in [1.165, 1.54) is 38.0 Å². The zero-order chi connectivity index (χ0) is 34.6. The molecule has 12 rings (SSSR count). The van der Waals surface area contributed by atoms with E-state index >= 15 is 0 Å².